The molecule has 0 aliphatic carbocycles. The third-order valence-corrected chi connectivity index (χ3v) is 3.47. The molecule has 0 fully saturated rings. The van der Waals surface area contributed by atoms with Gasteiger partial charge in [0, 0.05) is 13.0 Å². The molecular weight excluding hydrogens is 296 g/mol. The molecule has 4 heteroatoms. The van der Waals surface area contributed by atoms with E-state index < -0.39 is 0 Å². The molecule has 2 aromatic rings. The van der Waals surface area contributed by atoms with Crippen LogP contribution in [-0.2, 0) is 11.2 Å². The van der Waals surface area contributed by atoms with Crippen molar-refractivity contribution in [2.24, 2.45) is 5.73 Å². The van der Waals surface area contributed by atoms with Crippen molar-refractivity contribution in [3.05, 3.63) is 71.8 Å². The predicted molar refractivity (Wildman–Crippen MR) is 93.0 cm³/mol. The first kappa shape index (κ1) is 18.2. The van der Waals surface area contributed by atoms with Crippen LogP contribution in [0.3, 0.4) is 0 Å². The summed E-state index contributed by atoms with van der Waals surface area (Å²) in [6, 6.07) is 20.5. The minimum Gasteiger partial charge on any atom is -0.349 e. The van der Waals surface area contributed by atoms with E-state index in [1.54, 1.807) is 0 Å². The fourth-order valence-corrected chi connectivity index (χ4v) is 2.36. The average Bonchev–Trinajstić information content (AvgIpc) is 2.53. The molecule has 0 aromatic heterocycles. The SMILES string of the molecule is Cl.NCCC(=O)NC(CCc1ccccc1)c1ccccc1. The van der Waals surface area contributed by atoms with Crippen LogP contribution in [0.5, 0.6) is 0 Å². The Kier molecular flexibility index (Phi) is 8.26. The quantitative estimate of drug-likeness (QED) is 0.823. The van der Waals surface area contributed by atoms with E-state index in [-0.39, 0.29) is 24.4 Å². The summed E-state index contributed by atoms with van der Waals surface area (Å²) >= 11 is 0. The summed E-state index contributed by atoms with van der Waals surface area (Å²) in [6.45, 7) is 0.381. The third kappa shape index (κ3) is 5.88. The molecule has 3 nitrogen and oxygen atoms in total. The summed E-state index contributed by atoms with van der Waals surface area (Å²) in [5.74, 6) is 0.0133. The highest BCUT2D eigenvalue weighted by Crippen LogP contribution is 2.19. The van der Waals surface area contributed by atoms with Crippen molar-refractivity contribution < 1.29 is 4.79 Å². The number of hydrogen-bond donors (Lipinski definition) is 2. The van der Waals surface area contributed by atoms with Gasteiger partial charge in [0.05, 0.1) is 6.04 Å². The molecule has 0 bridgehead atoms. The van der Waals surface area contributed by atoms with Crippen molar-refractivity contribution in [3.63, 3.8) is 0 Å². The van der Waals surface area contributed by atoms with Crippen molar-refractivity contribution in [1.82, 2.24) is 5.32 Å². The van der Waals surface area contributed by atoms with E-state index in [0.29, 0.717) is 13.0 Å². The van der Waals surface area contributed by atoms with Gasteiger partial charge in [-0.25, -0.2) is 0 Å². The number of carbonyl (C=O) groups is 1. The Morgan fingerprint density at radius 1 is 1.00 bits per heavy atom. The summed E-state index contributed by atoms with van der Waals surface area (Å²) in [5.41, 5.74) is 7.87. The summed E-state index contributed by atoms with van der Waals surface area (Å²) < 4.78 is 0. The van der Waals surface area contributed by atoms with Crippen molar-refractivity contribution in [2.45, 2.75) is 25.3 Å². The molecule has 118 valence electrons. The van der Waals surface area contributed by atoms with Gasteiger partial charge in [-0.05, 0) is 24.0 Å². The average molecular weight is 319 g/mol. The van der Waals surface area contributed by atoms with E-state index in [0.717, 1.165) is 18.4 Å². The van der Waals surface area contributed by atoms with Gasteiger partial charge in [-0.3, -0.25) is 4.79 Å². The molecule has 2 rings (SSSR count). The van der Waals surface area contributed by atoms with E-state index in [1.165, 1.54) is 5.56 Å². The third-order valence-electron chi connectivity index (χ3n) is 3.47. The molecule has 0 saturated heterocycles. The molecule has 1 amide bonds. The van der Waals surface area contributed by atoms with Gasteiger partial charge in [0.25, 0.3) is 0 Å². The standard InChI is InChI=1S/C18H22N2O.ClH/c19-14-13-18(21)20-17(16-9-5-2-6-10-16)12-11-15-7-3-1-4-8-15;/h1-10,17H,11-14,19H2,(H,20,21);1H. The molecule has 1 atom stereocenters. The van der Waals surface area contributed by atoms with Gasteiger partial charge in [0.1, 0.15) is 0 Å². The smallest absolute Gasteiger partial charge is 0.221 e. The van der Waals surface area contributed by atoms with Gasteiger partial charge >= 0.3 is 0 Å². The maximum absolute atomic E-state index is 11.8. The zero-order valence-corrected chi connectivity index (χ0v) is 13.4. The van der Waals surface area contributed by atoms with Gasteiger partial charge in [-0.15, -0.1) is 12.4 Å². The number of hydrogen-bond acceptors (Lipinski definition) is 2. The van der Waals surface area contributed by atoms with Crippen molar-refractivity contribution >= 4 is 18.3 Å². The van der Waals surface area contributed by atoms with Crippen molar-refractivity contribution in [3.8, 4) is 0 Å². The molecule has 0 aliphatic heterocycles. The monoisotopic (exact) mass is 318 g/mol. The molecule has 0 saturated carbocycles. The van der Waals surface area contributed by atoms with Gasteiger partial charge in [-0.1, -0.05) is 60.7 Å². The second-order valence-corrected chi connectivity index (χ2v) is 5.09. The fraction of sp³-hybridized carbons (Fsp3) is 0.278. The van der Waals surface area contributed by atoms with Crippen LogP contribution in [0.2, 0.25) is 0 Å². The highest BCUT2D eigenvalue weighted by molar-refractivity contribution is 5.85. The molecule has 2 aromatic carbocycles. The molecule has 3 N–H and O–H groups in total. The number of nitrogens with one attached hydrogen (secondary N) is 1. The van der Waals surface area contributed by atoms with E-state index in [1.807, 2.05) is 36.4 Å². The van der Waals surface area contributed by atoms with E-state index in [9.17, 15) is 4.79 Å². The minimum atomic E-state index is 0. The van der Waals surface area contributed by atoms with Gasteiger partial charge in [0.2, 0.25) is 5.91 Å². The Morgan fingerprint density at radius 2 is 1.59 bits per heavy atom. The summed E-state index contributed by atoms with van der Waals surface area (Å²) in [7, 11) is 0. The zero-order valence-electron chi connectivity index (χ0n) is 12.6. The van der Waals surface area contributed by atoms with Gasteiger partial charge < -0.3 is 11.1 Å². The van der Waals surface area contributed by atoms with Crippen LogP contribution in [0.15, 0.2) is 60.7 Å². The number of amides is 1. The number of rotatable bonds is 7. The number of nitrogens with two attached hydrogens (primary N) is 1. The Morgan fingerprint density at radius 3 is 2.18 bits per heavy atom. The van der Waals surface area contributed by atoms with Crippen LogP contribution in [0.25, 0.3) is 0 Å². The maximum Gasteiger partial charge on any atom is 0.221 e. The Balaban J connectivity index is 0.00000242. The fourth-order valence-electron chi connectivity index (χ4n) is 2.36. The number of halogens is 1. The first-order valence-electron chi connectivity index (χ1n) is 7.38. The molecule has 22 heavy (non-hydrogen) atoms. The Labute approximate surface area is 138 Å². The first-order valence-corrected chi connectivity index (χ1v) is 7.38. The predicted octanol–water partition coefficient (Wildman–Crippen LogP) is 3.25. The van der Waals surface area contributed by atoms with Crippen LogP contribution in [0.1, 0.15) is 30.0 Å². The molecule has 0 radical (unpaired) electrons. The highest BCUT2D eigenvalue weighted by atomic mass is 35.5. The minimum absolute atomic E-state index is 0. The molecule has 0 aliphatic rings. The van der Waals surface area contributed by atoms with E-state index >= 15 is 0 Å². The number of carbonyl (C=O) groups excluding carboxylic acids is 1. The zero-order chi connectivity index (χ0) is 14.9. The second-order valence-electron chi connectivity index (χ2n) is 5.09. The van der Waals surface area contributed by atoms with Crippen molar-refractivity contribution in [2.75, 3.05) is 6.54 Å². The lowest BCUT2D eigenvalue weighted by Crippen LogP contribution is -2.30. The molecule has 0 spiro atoms. The van der Waals surface area contributed by atoms with Crippen LogP contribution < -0.4 is 11.1 Å². The summed E-state index contributed by atoms with van der Waals surface area (Å²) in [6.07, 6.45) is 2.18. The summed E-state index contributed by atoms with van der Waals surface area (Å²) in [4.78, 5) is 11.8. The first-order chi connectivity index (χ1) is 10.3. The Hall–Kier alpha value is -1.84. The lowest BCUT2D eigenvalue weighted by atomic mass is 9.99. The highest BCUT2D eigenvalue weighted by Gasteiger charge is 2.13. The van der Waals surface area contributed by atoms with Gasteiger partial charge in [0.15, 0.2) is 0 Å². The maximum atomic E-state index is 11.8. The molecular formula is C18H23ClN2O. The Bertz CT molecular complexity index is 546. The second kappa shape index (κ2) is 9.98. The normalized spacial score (nSPS) is 11.3. The van der Waals surface area contributed by atoms with E-state index in [4.69, 9.17) is 5.73 Å². The van der Waals surface area contributed by atoms with Crippen LogP contribution in [0, 0.1) is 0 Å². The van der Waals surface area contributed by atoms with Crippen LogP contribution in [0.4, 0.5) is 0 Å². The lowest BCUT2D eigenvalue weighted by molar-refractivity contribution is -0.121. The van der Waals surface area contributed by atoms with Crippen LogP contribution in [-0.4, -0.2) is 12.5 Å². The number of aryl methyl sites for hydroxylation is 1. The van der Waals surface area contributed by atoms with Crippen LogP contribution >= 0.6 is 12.4 Å². The molecule has 0 heterocycles. The summed E-state index contributed by atoms with van der Waals surface area (Å²) in [5, 5.41) is 3.09. The number of benzene rings is 2. The lowest BCUT2D eigenvalue weighted by Gasteiger charge is -2.19. The van der Waals surface area contributed by atoms with E-state index in [2.05, 4.69) is 29.6 Å². The van der Waals surface area contributed by atoms with Gasteiger partial charge in [-0.2, -0.15) is 0 Å². The molecule has 1 unspecified atom stereocenters. The van der Waals surface area contributed by atoms with Crippen molar-refractivity contribution in [1.29, 1.82) is 0 Å². The topological polar surface area (TPSA) is 55.1 Å². The largest absolute Gasteiger partial charge is 0.349 e.